The highest BCUT2D eigenvalue weighted by Crippen LogP contribution is 2.26. The minimum Gasteiger partial charge on any atom is -0.378 e. The van der Waals surface area contributed by atoms with Crippen molar-refractivity contribution in [2.45, 2.75) is 50.5 Å². The molecule has 0 aliphatic carbocycles. The lowest BCUT2D eigenvalue weighted by Gasteiger charge is -2.36. The number of carbonyl (C=O) groups excluding carboxylic acids is 1. The van der Waals surface area contributed by atoms with Crippen LogP contribution in [0.15, 0.2) is 30.3 Å². The van der Waals surface area contributed by atoms with Crippen LogP contribution in [0.4, 0.5) is 0 Å². The second kappa shape index (κ2) is 7.85. The van der Waals surface area contributed by atoms with Crippen LogP contribution in [0.2, 0.25) is 0 Å². The molecule has 1 aromatic rings. The fourth-order valence-corrected chi connectivity index (χ4v) is 4.29. The van der Waals surface area contributed by atoms with Crippen LogP contribution < -0.4 is 0 Å². The van der Waals surface area contributed by atoms with Gasteiger partial charge in [0.2, 0.25) is 5.91 Å². The SMILES string of the molecule is O=C(CC[C@@H]1CCCO1)N1C[C@@H]2[C@@H](C1)OCCN2Cc1ccccc1. The average molecular weight is 344 g/mol. The van der Waals surface area contributed by atoms with Crippen molar-refractivity contribution in [2.75, 3.05) is 32.8 Å². The first-order chi connectivity index (χ1) is 12.3. The molecule has 0 N–H and O–H groups in total. The molecule has 3 saturated heterocycles. The number of nitrogens with zero attached hydrogens (tertiary/aromatic N) is 2. The van der Waals surface area contributed by atoms with Gasteiger partial charge in [0.15, 0.2) is 0 Å². The van der Waals surface area contributed by atoms with Gasteiger partial charge in [-0.05, 0) is 24.8 Å². The Balaban J connectivity index is 1.32. The van der Waals surface area contributed by atoms with E-state index in [0.717, 1.165) is 58.7 Å². The molecule has 0 spiro atoms. The summed E-state index contributed by atoms with van der Waals surface area (Å²) >= 11 is 0. The Hall–Kier alpha value is -1.43. The second-order valence-corrected chi connectivity index (χ2v) is 7.41. The molecule has 1 amide bonds. The maximum absolute atomic E-state index is 12.6. The van der Waals surface area contributed by atoms with Crippen molar-refractivity contribution in [3.63, 3.8) is 0 Å². The Morgan fingerprint density at radius 3 is 2.80 bits per heavy atom. The number of benzene rings is 1. The van der Waals surface area contributed by atoms with Crippen LogP contribution >= 0.6 is 0 Å². The molecule has 3 heterocycles. The van der Waals surface area contributed by atoms with Crippen molar-refractivity contribution in [2.24, 2.45) is 0 Å². The lowest BCUT2D eigenvalue weighted by Crippen LogP contribution is -2.50. The molecule has 3 aliphatic heterocycles. The zero-order chi connectivity index (χ0) is 17.1. The zero-order valence-electron chi connectivity index (χ0n) is 14.8. The van der Waals surface area contributed by atoms with Gasteiger partial charge >= 0.3 is 0 Å². The van der Waals surface area contributed by atoms with Crippen molar-refractivity contribution in [3.8, 4) is 0 Å². The molecule has 3 atom stereocenters. The summed E-state index contributed by atoms with van der Waals surface area (Å²) in [5, 5.41) is 0. The Kier molecular flexibility index (Phi) is 5.34. The van der Waals surface area contributed by atoms with E-state index in [0.29, 0.717) is 18.6 Å². The molecule has 0 radical (unpaired) electrons. The third-order valence-electron chi connectivity index (χ3n) is 5.70. The van der Waals surface area contributed by atoms with Gasteiger partial charge < -0.3 is 14.4 Å². The van der Waals surface area contributed by atoms with E-state index in [4.69, 9.17) is 9.47 Å². The lowest BCUT2D eigenvalue weighted by atomic mass is 10.1. The molecule has 3 fully saturated rings. The van der Waals surface area contributed by atoms with Crippen molar-refractivity contribution < 1.29 is 14.3 Å². The molecule has 5 nitrogen and oxygen atoms in total. The fraction of sp³-hybridized carbons (Fsp3) is 0.650. The number of ether oxygens (including phenoxy) is 2. The average Bonchev–Trinajstić information content (AvgIpc) is 3.30. The molecular formula is C20H28N2O3. The first-order valence-electron chi connectivity index (χ1n) is 9.58. The predicted octanol–water partition coefficient (Wildman–Crippen LogP) is 2.06. The first kappa shape index (κ1) is 17.0. The monoisotopic (exact) mass is 344 g/mol. The minimum atomic E-state index is 0.157. The summed E-state index contributed by atoms with van der Waals surface area (Å²) in [6.07, 6.45) is 4.15. The van der Waals surface area contributed by atoms with Gasteiger partial charge in [0.05, 0.1) is 24.9 Å². The van der Waals surface area contributed by atoms with E-state index in [1.54, 1.807) is 0 Å². The standard InChI is InChI=1S/C20H28N2O3/c23-20(9-8-17-7-4-11-24-17)22-14-18-19(15-22)25-12-10-21(18)13-16-5-2-1-3-6-16/h1-3,5-6,17-19H,4,7-15H2/t17-,18+,19+/m0/s1. The van der Waals surface area contributed by atoms with E-state index >= 15 is 0 Å². The molecule has 0 unspecified atom stereocenters. The highest BCUT2D eigenvalue weighted by atomic mass is 16.5. The Labute approximate surface area is 149 Å². The fourth-order valence-electron chi connectivity index (χ4n) is 4.29. The summed E-state index contributed by atoms with van der Waals surface area (Å²) < 4.78 is 11.6. The molecule has 0 bridgehead atoms. The number of morpholine rings is 1. The Morgan fingerprint density at radius 1 is 1.12 bits per heavy atom. The largest absolute Gasteiger partial charge is 0.378 e. The number of likely N-dealkylation sites (tertiary alicyclic amines) is 1. The van der Waals surface area contributed by atoms with Gasteiger partial charge in [0, 0.05) is 39.2 Å². The molecule has 25 heavy (non-hydrogen) atoms. The normalized spacial score (nSPS) is 29.8. The van der Waals surface area contributed by atoms with Crippen molar-refractivity contribution in [1.82, 2.24) is 9.80 Å². The summed E-state index contributed by atoms with van der Waals surface area (Å²) in [5.74, 6) is 0.258. The molecule has 0 saturated carbocycles. The smallest absolute Gasteiger partial charge is 0.222 e. The van der Waals surface area contributed by atoms with Crippen LogP contribution in [-0.2, 0) is 20.8 Å². The molecule has 1 aromatic carbocycles. The second-order valence-electron chi connectivity index (χ2n) is 7.41. The lowest BCUT2D eigenvalue weighted by molar-refractivity contribution is -0.131. The van der Waals surface area contributed by atoms with Crippen LogP contribution in [0, 0.1) is 0 Å². The van der Waals surface area contributed by atoms with E-state index in [1.807, 2.05) is 4.90 Å². The summed E-state index contributed by atoms with van der Waals surface area (Å²) in [6, 6.07) is 10.9. The molecule has 0 aromatic heterocycles. The van der Waals surface area contributed by atoms with Crippen molar-refractivity contribution in [3.05, 3.63) is 35.9 Å². The molecular weight excluding hydrogens is 316 g/mol. The number of amides is 1. The number of hydrogen-bond acceptors (Lipinski definition) is 4. The van der Waals surface area contributed by atoms with Crippen molar-refractivity contribution in [1.29, 1.82) is 0 Å². The predicted molar refractivity (Wildman–Crippen MR) is 95.2 cm³/mol. The third kappa shape index (κ3) is 4.05. The van der Waals surface area contributed by atoms with E-state index in [2.05, 4.69) is 35.2 Å². The number of rotatable bonds is 5. The topological polar surface area (TPSA) is 42.0 Å². The Morgan fingerprint density at radius 2 is 2.00 bits per heavy atom. The highest BCUT2D eigenvalue weighted by Gasteiger charge is 2.41. The molecule has 5 heteroatoms. The summed E-state index contributed by atoms with van der Waals surface area (Å²) in [6.45, 7) is 5.01. The molecule has 4 rings (SSSR count). The van der Waals surface area contributed by atoms with Crippen LogP contribution in [0.1, 0.15) is 31.2 Å². The van der Waals surface area contributed by atoms with Gasteiger partial charge in [-0.25, -0.2) is 0 Å². The van der Waals surface area contributed by atoms with Gasteiger partial charge in [0.25, 0.3) is 0 Å². The summed E-state index contributed by atoms with van der Waals surface area (Å²) in [5.41, 5.74) is 1.33. The number of carbonyl (C=O) groups is 1. The van der Waals surface area contributed by atoms with Gasteiger partial charge in [-0.3, -0.25) is 9.69 Å². The van der Waals surface area contributed by atoms with Gasteiger partial charge in [-0.2, -0.15) is 0 Å². The van der Waals surface area contributed by atoms with Gasteiger partial charge in [-0.1, -0.05) is 30.3 Å². The van der Waals surface area contributed by atoms with Crippen LogP contribution in [0.3, 0.4) is 0 Å². The Bertz CT molecular complexity index is 574. The van der Waals surface area contributed by atoms with Crippen LogP contribution in [0.25, 0.3) is 0 Å². The number of fused-ring (bicyclic) bond motifs is 1. The van der Waals surface area contributed by atoms with Gasteiger partial charge in [0.1, 0.15) is 0 Å². The zero-order valence-corrected chi connectivity index (χ0v) is 14.8. The molecule has 136 valence electrons. The molecule has 3 aliphatic rings. The minimum absolute atomic E-state index is 0.157. The van der Waals surface area contributed by atoms with Crippen LogP contribution in [0.5, 0.6) is 0 Å². The maximum Gasteiger partial charge on any atom is 0.222 e. The highest BCUT2D eigenvalue weighted by molar-refractivity contribution is 5.76. The number of hydrogen-bond donors (Lipinski definition) is 0. The van der Waals surface area contributed by atoms with Crippen molar-refractivity contribution >= 4 is 5.91 Å². The van der Waals surface area contributed by atoms with E-state index in [1.165, 1.54) is 5.56 Å². The van der Waals surface area contributed by atoms with Gasteiger partial charge in [-0.15, -0.1) is 0 Å². The summed E-state index contributed by atoms with van der Waals surface area (Å²) in [4.78, 5) is 17.1. The van der Waals surface area contributed by atoms with Crippen LogP contribution in [-0.4, -0.2) is 66.8 Å². The quantitative estimate of drug-likeness (QED) is 0.820. The first-order valence-corrected chi connectivity index (χ1v) is 9.58. The summed E-state index contributed by atoms with van der Waals surface area (Å²) in [7, 11) is 0. The van der Waals surface area contributed by atoms with E-state index in [9.17, 15) is 4.79 Å². The van der Waals surface area contributed by atoms with E-state index < -0.39 is 0 Å². The third-order valence-corrected chi connectivity index (χ3v) is 5.70. The maximum atomic E-state index is 12.6. The van der Waals surface area contributed by atoms with E-state index in [-0.39, 0.29) is 12.0 Å².